The van der Waals surface area contributed by atoms with Crippen LogP contribution in [0.3, 0.4) is 0 Å². The van der Waals surface area contributed by atoms with E-state index in [0.29, 0.717) is 77.7 Å². The number of likely N-dealkylation sites (tertiary alicyclic amines) is 2. The molecule has 7 atom stereocenters. The Morgan fingerprint density at radius 3 is 2.34 bits per heavy atom. The summed E-state index contributed by atoms with van der Waals surface area (Å²) in [6, 6.07) is 17.8. The molecule has 1 saturated carbocycles. The second-order valence-electron chi connectivity index (χ2n) is 23.9. The van der Waals surface area contributed by atoms with Gasteiger partial charge in [-0.3, -0.25) is 19.4 Å². The Labute approximate surface area is 458 Å². The van der Waals surface area contributed by atoms with Crippen molar-refractivity contribution in [3.05, 3.63) is 108 Å². The maximum atomic E-state index is 17.3. The van der Waals surface area contributed by atoms with Crippen LogP contribution in [-0.2, 0) is 20.8 Å². The molecule has 3 amide bonds. The molecule has 0 radical (unpaired) electrons. The molecule has 4 aromatic carbocycles. The molecule has 5 fully saturated rings. The largest absolute Gasteiger partial charge is 0.508 e. The number of hydrogen-bond donors (Lipinski definition) is 5. The van der Waals surface area contributed by atoms with Gasteiger partial charge in [-0.2, -0.15) is 9.97 Å². The summed E-state index contributed by atoms with van der Waals surface area (Å²) in [5.74, 6) is -2.60. The molecule has 5 N–H and O–H groups in total. The van der Waals surface area contributed by atoms with Crippen molar-refractivity contribution < 1.29 is 42.5 Å². The van der Waals surface area contributed by atoms with Crippen LogP contribution in [0, 0.1) is 34.2 Å². The second kappa shape index (κ2) is 21.6. The van der Waals surface area contributed by atoms with Gasteiger partial charge in [-0.25, -0.2) is 13.2 Å². The normalized spacial score (nSPS) is 22.7. The summed E-state index contributed by atoms with van der Waals surface area (Å²) in [7, 11) is 0. The Hall–Kier alpha value is -6.89. The SMILES string of the molecule is CCc1c(F)ccc2cc(O)cc(-c3ncc4c(N5CC6CCC(C5)N6)nc(OCC5(CN6CCC[C@@H](C(=O)N[C@H](C(=O)N7C[C@H](O)C[C@H]7C(=O)N[C@@H](C)c7ccc(-c8ccccc8F)cc7)C(C)(C)C)C6)CC5)nc4c3F)c12. The number of hydrogen-bond acceptors (Lipinski definition) is 12. The molecule has 6 aromatic rings. The van der Waals surface area contributed by atoms with Crippen LogP contribution in [0.15, 0.2) is 79.0 Å². The average Bonchev–Trinajstić information content (AvgIpc) is 4.08. The number of benzene rings is 4. The number of amides is 3. The summed E-state index contributed by atoms with van der Waals surface area (Å²) < 4.78 is 53.6. The number of aromatic hydroxyl groups is 1. The van der Waals surface area contributed by atoms with Crippen molar-refractivity contribution >= 4 is 45.2 Å². The Morgan fingerprint density at radius 1 is 0.886 bits per heavy atom. The van der Waals surface area contributed by atoms with E-state index in [0.717, 1.165) is 44.2 Å². The van der Waals surface area contributed by atoms with Crippen molar-refractivity contribution in [2.24, 2.45) is 16.7 Å². The molecular formula is C61H70F3N9O6. The number of carbonyl (C=O) groups is 3. The lowest BCUT2D eigenvalue weighted by Gasteiger charge is -2.38. The number of aliphatic hydroxyl groups excluding tert-OH is 1. The molecule has 79 heavy (non-hydrogen) atoms. The van der Waals surface area contributed by atoms with Gasteiger partial charge in [0.2, 0.25) is 17.7 Å². The first-order valence-corrected chi connectivity index (χ1v) is 28.0. The number of nitrogens with zero attached hydrogens (tertiary/aromatic N) is 6. The van der Waals surface area contributed by atoms with E-state index in [-0.39, 0.29) is 77.3 Å². The van der Waals surface area contributed by atoms with Gasteiger partial charge in [-0.15, -0.1) is 0 Å². The number of aliphatic hydroxyl groups is 1. The van der Waals surface area contributed by atoms with Gasteiger partial charge >= 0.3 is 6.01 Å². The zero-order valence-electron chi connectivity index (χ0n) is 45.5. The van der Waals surface area contributed by atoms with Gasteiger partial charge in [0.05, 0.1) is 30.1 Å². The minimum atomic E-state index is -0.988. The van der Waals surface area contributed by atoms with Gasteiger partial charge < -0.3 is 45.6 Å². The summed E-state index contributed by atoms with van der Waals surface area (Å²) in [5.41, 5.74) is 1.54. The lowest BCUT2D eigenvalue weighted by Crippen LogP contribution is -2.59. The van der Waals surface area contributed by atoms with Gasteiger partial charge in [0.1, 0.15) is 46.5 Å². The Morgan fingerprint density at radius 2 is 1.63 bits per heavy atom. The van der Waals surface area contributed by atoms with Crippen LogP contribution in [0.5, 0.6) is 11.8 Å². The zero-order valence-corrected chi connectivity index (χ0v) is 45.5. The van der Waals surface area contributed by atoms with E-state index in [1.807, 2.05) is 46.8 Å². The summed E-state index contributed by atoms with van der Waals surface area (Å²) >= 11 is 0. The molecule has 15 nitrogen and oxygen atoms in total. The van der Waals surface area contributed by atoms with Crippen LogP contribution in [0.4, 0.5) is 19.0 Å². The molecular weight excluding hydrogens is 1010 g/mol. The van der Waals surface area contributed by atoms with Crippen molar-refractivity contribution in [2.45, 2.75) is 122 Å². The molecule has 6 heterocycles. The fraction of sp³-hybridized carbons (Fsp3) is 0.475. The maximum Gasteiger partial charge on any atom is 0.319 e. The number of β-amino-alcohol motifs (C(OH)–C–C–N with tert-alkyl or cyclic N) is 1. The monoisotopic (exact) mass is 1080 g/mol. The quantitative estimate of drug-likeness (QED) is 0.0663. The number of nitrogens with one attached hydrogen (secondary N) is 3. The Kier molecular flexibility index (Phi) is 14.8. The number of piperidine rings is 1. The summed E-state index contributed by atoms with van der Waals surface area (Å²) in [4.78, 5) is 63.0. The number of phenolic OH excluding ortho intramolecular Hbond substituents is 1. The molecule has 4 aliphatic heterocycles. The molecule has 2 aromatic heterocycles. The fourth-order valence-corrected chi connectivity index (χ4v) is 12.6. The Bertz CT molecular complexity index is 3300. The number of piperazine rings is 1. The smallest absolute Gasteiger partial charge is 0.319 e. The highest BCUT2D eigenvalue weighted by atomic mass is 19.1. The molecule has 0 spiro atoms. The number of fused-ring (bicyclic) bond motifs is 4. The van der Waals surface area contributed by atoms with Gasteiger partial charge in [0.25, 0.3) is 0 Å². The van der Waals surface area contributed by atoms with E-state index in [4.69, 9.17) is 14.7 Å². The average molecular weight is 1080 g/mol. The van der Waals surface area contributed by atoms with Crippen molar-refractivity contribution in [2.75, 3.05) is 50.8 Å². The third-order valence-electron chi connectivity index (χ3n) is 17.0. The van der Waals surface area contributed by atoms with E-state index in [1.54, 1.807) is 42.6 Å². The summed E-state index contributed by atoms with van der Waals surface area (Å²) in [5, 5.41) is 32.9. The third-order valence-corrected chi connectivity index (χ3v) is 17.0. The number of ether oxygens (including phenoxy) is 1. The highest BCUT2D eigenvalue weighted by Gasteiger charge is 2.48. The lowest BCUT2D eigenvalue weighted by molar-refractivity contribution is -0.145. The predicted octanol–water partition coefficient (Wildman–Crippen LogP) is 8.38. The van der Waals surface area contributed by atoms with Gasteiger partial charge in [-0.1, -0.05) is 76.2 Å². The van der Waals surface area contributed by atoms with Crippen molar-refractivity contribution in [1.82, 2.24) is 40.7 Å². The number of halogens is 3. The van der Waals surface area contributed by atoms with E-state index >= 15 is 8.78 Å². The molecule has 1 aliphatic carbocycles. The number of anilines is 1. The second-order valence-corrected chi connectivity index (χ2v) is 23.9. The number of aromatic nitrogens is 3. The number of rotatable bonds is 15. The Balaban J connectivity index is 0.768. The third kappa shape index (κ3) is 11.1. The fourth-order valence-electron chi connectivity index (χ4n) is 12.6. The van der Waals surface area contributed by atoms with Gasteiger partial charge in [0, 0.05) is 74.0 Å². The zero-order chi connectivity index (χ0) is 55.5. The first-order chi connectivity index (χ1) is 37.8. The van der Waals surface area contributed by atoms with E-state index < -0.39 is 59.0 Å². The topological polar surface area (TPSA) is 185 Å². The molecule has 5 aliphatic rings. The minimum absolute atomic E-state index is 0.0133. The van der Waals surface area contributed by atoms with Gasteiger partial charge in [0.15, 0.2) is 5.82 Å². The molecule has 2 unspecified atom stereocenters. The van der Waals surface area contributed by atoms with E-state index in [9.17, 15) is 29.0 Å². The first kappa shape index (κ1) is 54.1. The van der Waals surface area contributed by atoms with Crippen LogP contribution in [0.2, 0.25) is 0 Å². The maximum absolute atomic E-state index is 17.3. The van der Waals surface area contributed by atoms with Crippen molar-refractivity contribution in [1.29, 1.82) is 0 Å². The molecule has 11 rings (SSSR count). The summed E-state index contributed by atoms with van der Waals surface area (Å²) in [6.07, 6.45) is 6.17. The molecule has 18 heteroatoms. The lowest BCUT2D eigenvalue weighted by atomic mass is 9.84. The number of pyridine rings is 1. The predicted molar refractivity (Wildman–Crippen MR) is 296 cm³/mol. The van der Waals surface area contributed by atoms with Crippen LogP contribution in [0.1, 0.15) is 96.7 Å². The number of phenols is 1. The highest BCUT2D eigenvalue weighted by Crippen LogP contribution is 2.47. The van der Waals surface area contributed by atoms with E-state index in [1.165, 1.54) is 29.2 Å². The first-order valence-electron chi connectivity index (χ1n) is 28.0. The molecule has 2 bridgehead atoms. The standard InChI is InChI=1S/C61H70F3N9O6/c1-6-43-48(63)20-17-37-24-41(74)25-45(50(37)43)52-51(64)53-46(27-65-52)55(72-29-39-18-19-40(30-72)67-39)70-59(68-53)79-33-61(21-22-61)32-71-23-9-10-38(28-71)56(76)69-54(60(3,4)5)58(78)73-31-42(75)26-49(73)57(77)66-34(2)35-13-15-36(16-14-35)44-11-7-8-12-47(44)62/h7-8,11-17,20,24-25,27,34,38-40,42,49,54,67,74-75H,6,9-10,18-19,21-23,26,28-33H2,1-5H3,(H,66,77)(H,69,76)/t34-,38+,39?,40?,42+,49-,54+/m0/s1. The van der Waals surface area contributed by atoms with Crippen LogP contribution < -0.4 is 25.6 Å². The van der Waals surface area contributed by atoms with Gasteiger partial charge in [-0.05, 0) is 116 Å². The van der Waals surface area contributed by atoms with Crippen molar-refractivity contribution in [3.8, 4) is 34.1 Å². The summed E-state index contributed by atoms with van der Waals surface area (Å²) in [6.45, 7) is 12.7. The van der Waals surface area contributed by atoms with Crippen LogP contribution in [-0.4, -0.2) is 129 Å². The molecule has 4 saturated heterocycles. The van der Waals surface area contributed by atoms with E-state index in [2.05, 4.69) is 30.7 Å². The number of carbonyl (C=O) groups excluding carboxylic acids is 3. The highest BCUT2D eigenvalue weighted by molar-refractivity contribution is 6.02. The van der Waals surface area contributed by atoms with Crippen LogP contribution >= 0.6 is 0 Å². The minimum Gasteiger partial charge on any atom is -0.508 e. The molecule has 416 valence electrons. The van der Waals surface area contributed by atoms with Crippen molar-refractivity contribution in [3.63, 3.8) is 0 Å². The number of aryl methyl sites for hydroxylation is 1. The van der Waals surface area contributed by atoms with Crippen LogP contribution in [0.25, 0.3) is 44.1 Å².